The molecule has 0 aliphatic heterocycles. The first-order valence-electron chi connectivity index (χ1n) is 7.28. The van der Waals surface area contributed by atoms with E-state index in [0.717, 1.165) is 24.4 Å². The topological polar surface area (TPSA) is 54.0 Å². The molecule has 9 heteroatoms. The quantitative estimate of drug-likeness (QED) is 0.612. The molecule has 2 aromatic rings. The van der Waals surface area contributed by atoms with Crippen LogP contribution in [0.25, 0.3) is 0 Å². The molecule has 0 unspecified atom stereocenters. The van der Waals surface area contributed by atoms with Crippen LogP contribution in [0.1, 0.15) is 22.3 Å². The highest BCUT2D eigenvalue weighted by atomic mass is 19.4. The van der Waals surface area contributed by atoms with E-state index in [4.69, 9.17) is 0 Å². The lowest BCUT2D eigenvalue weighted by molar-refractivity contribution is -0.137. The van der Waals surface area contributed by atoms with Gasteiger partial charge in [-0.1, -0.05) is 0 Å². The Morgan fingerprint density at radius 3 is 2.44 bits per heavy atom. The van der Waals surface area contributed by atoms with E-state index in [9.17, 15) is 26.7 Å². The van der Waals surface area contributed by atoms with Crippen molar-refractivity contribution < 1.29 is 26.7 Å². The van der Waals surface area contributed by atoms with Crippen LogP contribution in [0.4, 0.5) is 27.8 Å². The maximum absolute atomic E-state index is 13.4. The average Bonchev–Trinajstić information content (AvgIpc) is 2.54. The molecule has 2 N–H and O–H groups in total. The number of halogens is 5. The average molecular weight is 359 g/mol. The highest BCUT2D eigenvalue weighted by Crippen LogP contribution is 2.28. The Bertz CT molecular complexity index is 732. The van der Waals surface area contributed by atoms with Crippen molar-refractivity contribution in [3.63, 3.8) is 0 Å². The molecule has 0 aliphatic rings. The van der Waals surface area contributed by atoms with E-state index in [1.165, 1.54) is 6.07 Å². The fourth-order valence-corrected chi connectivity index (χ4v) is 1.94. The smallest absolute Gasteiger partial charge is 0.370 e. The van der Waals surface area contributed by atoms with E-state index < -0.39 is 29.3 Å². The second kappa shape index (κ2) is 7.91. The Balaban J connectivity index is 1.73. The molecule has 134 valence electrons. The number of carbonyl (C=O) groups excluding carboxylic acids is 1. The highest BCUT2D eigenvalue weighted by Gasteiger charge is 2.30. The predicted octanol–water partition coefficient (Wildman–Crippen LogP) is 3.61. The van der Waals surface area contributed by atoms with Crippen molar-refractivity contribution in [3.8, 4) is 0 Å². The number of nitrogens with one attached hydrogen (secondary N) is 2. The van der Waals surface area contributed by atoms with Crippen molar-refractivity contribution in [3.05, 3.63) is 59.3 Å². The van der Waals surface area contributed by atoms with Crippen LogP contribution >= 0.6 is 0 Å². The third kappa shape index (κ3) is 5.40. The number of nitrogens with zero attached hydrogens (tertiary/aromatic N) is 1. The molecular weight excluding hydrogens is 345 g/mol. The minimum Gasteiger partial charge on any atom is -0.370 e. The van der Waals surface area contributed by atoms with Gasteiger partial charge in [-0.25, -0.2) is 13.8 Å². The van der Waals surface area contributed by atoms with Crippen LogP contribution in [-0.4, -0.2) is 24.0 Å². The fourth-order valence-electron chi connectivity index (χ4n) is 1.94. The summed E-state index contributed by atoms with van der Waals surface area (Å²) in [6.07, 6.45) is -3.29. The first-order valence-corrected chi connectivity index (χ1v) is 7.28. The number of alkyl halides is 3. The van der Waals surface area contributed by atoms with Crippen LogP contribution in [0, 0.1) is 11.6 Å². The predicted molar refractivity (Wildman–Crippen MR) is 81.0 cm³/mol. The van der Waals surface area contributed by atoms with Gasteiger partial charge in [0.05, 0.1) is 11.1 Å². The summed E-state index contributed by atoms with van der Waals surface area (Å²) in [5.74, 6) is -2.14. The monoisotopic (exact) mass is 359 g/mol. The van der Waals surface area contributed by atoms with Crippen molar-refractivity contribution >= 4 is 11.7 Å². The zero-order valence-corrected chi connectivity index (χ0v) is 12.8. The van der Waals surface area contributed by atoms with Gasteiger partial charge in [0.1, 0.15) is 17.5 Å². The Morgan fingerprint density at radius 2 is 1.84 bits per heavy atom. The molecule has 0 fully saturated rings. The zero-order valence-electron chi connectivity index (χ0n) is 12.8. The van der Waals surface area contributed by atoms with Crippen LogP contribution in [-0.2, 0) is 6.18 Å². The lowest BCUT2D eigenvalue weighted by Crippen LogP contribution is -2.26. The number of anilines is 1. The number of hydrogen-bond acceptors (Lipinski definition) is 3. The van der Waals surface area contributed by atoms with Gasteiger partial charge in [-0.15, -0.1) is 0 Å². The molecule has 0 saturated carbocycles. The molecule has 1 heterocycles. The van der Waals surface area contributed by atoms with E-state index >= 15 is 0 Å². The van der Waals surface area contributed by atoms with Gasteiger partial charge in [-0.05, 0) is 30.7 Å². The van der Waals surface area contributed by atoms with E-state index in [0.29, 0.717) is 19.0 Å². The van der Waals surface area contributed by atoms with Gasteiger partial charge in [-0.2, -0.15) is 13.2 Å². The third-order valence-corrected chi connectivity index (χ3v) is 3.21. The molecule has 0 spiro atoms. The number of benzene rings is 1. The third-order valence-electron chi connectivity index (χ3n) is 3.21. The summed E-state index contributed by atoms with van der Waals surface area (Å²) in [6, 6.07) is 4.76. The van der Waals surface area contributed by atoms with Crippen LogP contribution < -0.4 is 10.6 Å². The summed E-state index contributed by atoms with van der Waals surface area (Å²) in [5, 5.41) is 5.27. The molecule has 1 amide bonds. The fraction of sp³-hybridized carbons (Fsp3) is 0.250. The van der Waals surface area contributed by atoms with Crippen molar-refractivity contribution in [2.75, 3.05) is 18.4 Å². The van der Waals surface area contributed by atoms with Crippen molar-refractivity contribution in [1.82, 2.24) is 10.3 Å². The minimum absolute atomic E-state index is 0.198. The molecule has 1 aromatic heterocycles. The summed E-state index contributed by atoms with van der Waals surface area (Å²) in [4.78, 5) is 15.4. The van der Waals surface area contributed by atoms with Crippen LogP contribution in [0.15, 0.2) is 36.5 Å². The number of pyridine rings is 1. The second-order valence-electron chi connectivity index (χ2n) is 5.09. The van der Waals surface area contributed by atoms with Crippen LogP contribution in [0.3, 0.4) is 0 Å². The van der Waals surface area contributed by atoms with E-state index in [-0.39, 0.29) is 17.9 Å². The van der Waals surface area contributed by atoms with Gasteiger partial charge >= 0.3 is 6.18 Å². The summed E-state index contributed by atoms with van der Waals surface area (Å²) in [5.41, 5.74) is -1.11. The van der Waals surface area contributed by atoms with Gasteiger partial charge in [0.15, 0.2) is 0 Å². The standard InChI is InChI=1S/C16H14F5N3O/c17-11-3-4-12(13(18)8-11)15(25)23-7-1-6-22-14-5-2-10(9-24-14)16(19,20)21/h2-5,8-9H,1,6-7H2,(H,22,24)(H,23,25). The van der Waals surface area contributed by atoms with E-state index in [2.05, 4.69) is 15.6 Å². The maximum Gasteiger partial charge on any atom is 0.417 e. The van der Waals surface area contributed by atoms with E-state index in [1.807, 2.05) is 0 Å². The lowest BCUT2D eigenvalue weighted by atomic mass is 10.2. The van der Waals surface area contributed by atoms with Gasteiger partial charge in [-0.3, -0.25) is 4.79 Å². The number of amides is 1. The summed E-state index contributed by atoms with van der Waals surface area (Å²) >= 11 is 0. The molecule has 0 radical (unpaired) electrons. The summed E-state index contributed by atoms with van der Waals surface area (Å²) in [6.45, 7) is 0.536. The van der Waals surface area contributed by atoms with E-state index in [1.54, 1.807) is 0 Å². The molecule has 0 bridgehead atoms. The van der Waals surface area contributed by atoms with Crippen molar-refractivity contribution in [2.45, 2.75) is 12.6 Å². The molecule has 0 saturated heterocycles. The molecule has 1 aromatic carbocycles. The van der Waals surface area contributed by atoms with Gasteiger partial charge < -0.3 is 10.6 Å². The molecule has 0 atom stereocenters. The van der Waals surface area contributed by atoms with Gasteiger partial charge in [0, 0.05) is 25.4 Å². The lowest BCUT2D eigenvalue weighted by Gasteiger charge is -2.09. The number of aromatic nitrogens is 1. The molecular formula is C16H14F5N3O. The molecule has 25 heavy (non-hydrogen) atoms. The molecule has 4 nitrogen and oxygen atoms in total. The number of rotatable bonds is 6. The van der Waals surface area contributed by atoms with Crippen molar-refractivity contribution in [2.24, 2.45) is 0 Å². The van der Waals surface area contributed by atoms with Crippen LogP contribution in [0.5, 0.6) is 0 Å². The Kier molecular flexibility index (Phi) is 5.89. The zero-order chi connectivity index (χ0) is 18.4. The first kappa shape index (κ1) is 18.6. The molecule has 0 aliphatic carbocycles. The number of hydrogen-bond donors (Lipinski definition) is 2. The van der Waals surface area contributed by atoms with Gasteiger partial charge in [0.25, 0.3) is 5.91 Å². The largest absolute Gasteiger partial charge is 0.417 e. The maximum atomic E-state index is 13.4. The Morgan fingerprint density at radius 1 is 1.08 bits per heavy atom. The van der Waals surface area contributed by atoms with Crippen molar-refractivity contribution in [1.29, 1.82) is 0 Å². The minimum atomic E-state index is -4.44. The van der Waals surface area contributed by atoms with Crippen LogP contribution in [0.2, 0.25) is 0 Å². The molecule has 2 rings (SSSR count). The second-order valence-corrected chi connectivity index (χ2v) is 5.09. The highest BCUT2D eigenvalue weighted by molar-refractivity contribution is 5.94. The SMILES string of the molecule is O=C(NCCCNc1ccc(C(F)(F)F)cn1)c1ccc(F)cc1F. The Labute approximate surface area is 140 Å². The normalized spacial score (nSPS) is 11.2. The number of carbonyl (C=O) groups is 1. The first-order chi connectivity index (χ1) is 11.8. The summed E-state index contributed by atoms with van der Waals surface area (Å²) < 4.78 is 63.3. The van der Waals surface area contributed by atoms with Gasteiger partial charge in [0.2, 0.25) is 0 Å². The summed E-state index contributed by atoms with van der Waals surface area (Å²) in [7, 11) is 0. The Hall–Kier alpha value is -2.71.